The fraction of sp³-hybridized carbons (Fsp3) is 0.759. The molecule has 5 heteroatoms. The van der Waals surface area contributed by atoms with E-state index in [1.807, 2.05) is 13.8 Å². The van der Waals surface area contributed by atoms with Crippen LogP contribution in [0.1, 0.15) is 91.9 Å². The SMILES string of the molecule is C=C1/C(=C\C=C2/CCC[C@@]3(C)C2CCC3[C@H](C)CCCC(C)(C)O)C[C@@H](OC(=O)CBr)CC1O. The third-order valence-corrected chi connectivity index (χ3v) is 9.28. The van der Waals surface area contributed by atoms with Crippen molar-refractivity contribution in [3.63, 3.8) is 0 Å². The van der Waals surface area contributed by atoms with Gasteiger partial charge in [-0.2, -0.15) is 0 Å². The smallest absolute Gasteiger partial charge is 0.316 e. The van der Waals surface area contributed by atoms with Gasteiger partial charge in [-0.25, -0.2) is 0 Å². The topological polar surface area (TPSA) is 66.8 Å². The minimum Gasteiger partial charge on any atom is -0.461 e. The Labute approximate surface area is 215 Å². The first-order valence-corrected chi connectivity index (χ1v) is 14.3. The molecular formula is C29H45BrO4. The van der Waals surface area contributed by atoms with Crippen molar-refractivity contribution in [1.29, 1.82) is 0 Å². The Bertz CT molecular complexity index is 807. The predicted molar refractivity (Wildman–Crippen MR) is 142 cm³/mol. The van der Waals surface area contributed by atoms with Crippen molar-refractivity contribution in [2.24, 2.45) is 23.2 Å². The van der Waals surface area contributed by atoms with Crippen molar-refractivity contribution in [2.45, 2.75) is 110 Å². The zero-order valence-electron chi connectivity index (χ0n) is 21.6. The fourth-order valence-corrected chi connectivity index (χ4v) is 7.16. The molecule has 0 aliphatic heterocycles. The van der Waals surface area contributed by atoms with Gasteiger partial charge in [0.25, 0.3) is 0 Å². The highest BCUT2D eigenvalue weighted by Gasteiger charge is 2.50. The standard InChI is InChI=1S/C29H45BrO4/c1-19(8-6-14-28(3,4)33)24-12-13-25-21(9-7-15-29(24,25)5)10-11-22-16-23(34-27(32)18-30)17-26(31)20(22)2/h10-11,19,23-26,31,33H,2,6-9,12-18H2,1,3-5H3/b21-10+,22-11-/t19-,23-,24?,25?,26?,29-/m1/s1. The first kappa shape index (κ1) is 27.7. The Morgan fingerprint density at radius 2 is 2.09 bits per heavy atom. The molecule has 3 unspecified atom stereocenters. The summed E-state index contributed by atoms with van der Waals surface area (Å²) in [6.45, 7) is 12.9. The lowest BCUT2D eigenvalue weighted by Gasteiger charge is -2.44. The van der Waals surface area contributed by atoms with E-state index in [0.29, 0.717) is 30.1 Å². The average molecular weight is 538 g/mol. The molecule has 3 aliphatic rings. The molecule has 3 aliphatic carbocycles. The van der Waals surface area contributed by atoms with Crippen LogP contribution in [-0.2, 0) is 9.53 Å². The van der Waals surface area contributed by atoms with Crippen molar-refractivity contribution >= 4 is 21.9 Å². The normalized spacial score (nSPS) is 35.4. The Morgan fingerprint density at radius 1 is 1.35 bits per heavy atom. The molecule has 3 saturated carbocycles. The van der Waals surface area contributed by atoms with Gasteiger partial charge in [-0.05, 0) is 86.7 Å². The second-order valence-corrected chi connectivity index (χ2v) is 12.5. The second kappa shape index (κ2) is 11.4. The van der Waals surface area contributed by atoms with Gasteiger partial charge in [0, 0.05) is 12.8 Å². The van der Waals surface area contributed by atoms with Gasteiger partial charge in [-0.3, -0.25) is 4.79 Å². The van der Waals surface area contributed by atoms with E-state index in [2.05, 4.69) is 48.5 Å². The number of halogens is 1. The molecule has 0 saturated heterocycles. The van der Waals surface area contributed by atoms with Crippen molar-refractivity contribution in [3.8, 4) is 0 Å². The third-order valence-electron chi connectivity index (χ3n) is 8.83. The van der Waals surface area contributed by atoms with Crippen LogP contribution in [-0.4, -0.2) is 39.3 Å². The molecule has 0 bridgehead atoms. The van der Waals surface area contributed by atoms with E-state index < -0.39 is 11.7 Å². The van der Waals surface area contributed by atoms with Crippen LogP contribution in [0.3, 0.4) is 0 Å². The number of ether oxygens (including phenoxy) is 1. The quantitative estimate of drug-likeness (QED) is 0.269. The third kappa shape index (κ3) is 6.64. The molecule has 6 atom stereocenters. The maximum Gasteiger partial charge on any atom is 0.316 e. The van der Waals surface area contributed by atoms with Gasteiger partial charge >= 0.3 is 5.97 Å². The number of alkyl halides is 1. The molecule has 0 spiro atoms. The van der Waals surface area contributed by atoms with E-state index >= 15 is 0 Å². The number of carbonyl (C=O) groups excluding carboxylic acids is 1. The van der Waals surface area contributed by atoms with E-state index in [4.69, 9.17) is 4.74 Å². The Balaban J connectivity index is 1.71. The van der Waals surface area contributed by atoms with Crippen LogP contribution in [0.2, 0.25) is 0 Å². The van der Waals surface area contributed by atoms with Crippen LogP contribution in [0.4, 0.5) is 0 Å². The van der Waals surface area contributed by atoms with Gasteiger partial charge in [0.1, 0.15) is 11.4 Å². The molecule has 0 amide bonds. The van der Waals surface area contributed by atoms with Gasteiger partial charge in [0.15, 0.2) is 0 Å². The summed E-state index contributed by atoms with van der Waals surface area (Å²) in [6.07, 6.45) is 13.8. The van der Waals surface area contributed by atoms with Gasteiger partial charge in [-0.15, -0.1) is 0 Å². The Hall–Kier alpha value is -0.910. The molecule has 0 radical (unpaired) electrons. The van der Waals surface area contributed by atoms with Gasteiger partial charge in [0.2, 0.25) is 0 Å². The minimum absolute atomic E-state index is 0.168. The van der Waals surface area contributed by atoms with Crippen molar-refractivity contribution < 1.29 is 19.7 Å². The van der Waals surface area contributed by atoms with Crippen LogP contribution in [0.5, 0.6) is 0 Å². The summed E-state index contributed by atoms with van der Waals surface area (Å²) in [4.78, 5) is 11.7. The zero-order valence-corrected chi connectivity index (χ0v) is 23.2. The molecular weight excluding hydrogens is 492 g/mol. The molecule has 3 rings (SSSR count). The maximum atomic E-state index is 11.7. The van der Waals surface area contributed by atoms with E-state index in [0.717, 1.165) is 36.3 Å². The summed E-state index contributed by atoms with van der Waals surface area (Å²) < 4.78 is 5.50. The van der Waals surface area contributed by atoms with Crippen molar-refractivity contribution in [3.05, 3.63) is 35.5 Å². The van der Waals surface area contributed by atoms with Crippen molar-refractivity contribution in [2.75, 3.05) is 5.33 Å². The highest BCUT2D eigenvalue weighted by atomic mass is 79.9. The van der Waals surface area contributed by atoms with Crippen LogP contribution >= 0.6 is 15.9 Å². The number of esters is 1. The van der Waals surface area contributed by atoms with E-state index in [1.54, 1.807) is 0 Å². The Kier molecular flexibility index (Phi) is 9.30. The molecule has 192 valence electrons. The summed E-state index contributed by atoms with van der Waals surface area (Å²) in [5.41, 5.74) is 3.06. The fourth-order valence-electron chi connectivity index (χ4n) is 7.03. The van der Waals surface area contributed by atoms with E-state index in [-0.39, 0.29) is 17.4 Å². The molecule has 0 aromatic heterocycles. The Morgan fingerprint density at radius 3 is 2.76 bits per heavy atom. The molecule has 2 N–H and O–H groups in total. The molecule has 0 aromatic carbocycles. The number of carbonyl (C=O) groups is 1. The summed E-state index contributed by atoms with van der Waals surface area (Å²) in [7, 11) is 0. The summed E-state index contributed by atoms with van der Waals surface area (Å²) in [6, 6.07) is 0. The lowest BCUT2D eigenvalue weighted by Crippen LogP contribution is -2.36. The number of allylic oxidation sites excluding steroid dienone is 3. The van der Waals surface area contributed by atoms with Crippen molar-refractivity contribution in [1.82, 2.24) is 0 Å². The molecule has 4 nitrogen and oxygen atoms in total. The lowest BCUT2D eigenvalue weighted by atomic mass is 9.60. The van der Waals surface area contributed by atoms with Crippen LogP contribution in [0.15, 0.2) is 35.5 Å². The molecule has 3 fully saturated rings. The highest BCUT2D eigenvalue weighted by Crippen LogP contribution is 2.60. The van der Waals surface area contributed by atoms with Crippen LogP contribution < -0.4 is 0 Å². The minimum atomic E-state index is -0.663. The predicted octanol–water partition coefficient (Wildman–Crippen LogP) is 6.65. The second-order valence-electron chi connectivity index (χ2n) is 11.9. The number of fused-ring (bicyclic) bond motifs is 1. The van der Waals surface area contributed by atoms with Gasteiger partial charge in [0.05, 0.1) is 11.7 Å². The number of aliphatic hydroxyl groups excluding tert-OH is 1. The van der Waals surface area contributed by atoms with Gasteiger partial charge in [-0.1, -0.05) is 66.9 Å². The number of aliphatic hydroxyl groups is 2. The molecule has 0 aromatic rings. The summed E-state index contributed by atoms with van der Waals surface area (Å²) in [5.74, 6) is 1.73. The maximum absolute atomic E-state index is 11.7. The summed E-state index contributed by atoms with van der Waals surface area (Å²) in [5, 5.41) is 20.7. The first-order chi connectivity index (χ1) is 15.9. The van der Waals surface area contributed by atoms with Crippen LogP contribution in [0, 0.1) is 23.2 Å². The number of rotatable bonds is 8. The monoisotopic (exact) mass is 536 g/mol. The lowest BCUT2D eigenvalue weighted by molar-refractivity contribution is -0.147. The highest BCUT2D eigenvalue weighted by molar-refractivity contribution is 9.09. The number of hydrogen-bond donors (Lipinski definition) is 2. The van der Waals surface area contributed by atoms with E-state index in [9.17, 15) is 15.0 Å². The molecule has 0 heterocycles. The van der Waals surface area contributed by atoms with Crippen LogP contribution in [0.25, 0.3) is 0 Å². The first-order valence-electron chi connectivity index (χ1n) is 13.2. The largest absolute Gasteiger partial charge is 0.461 e. The summed E-state index contributed by atoms with van der Waals surface area (Å²) >= 11 is 3.14. The molecule has 34 heavy (non-hydrogen) atoms. The van der Waals surface area contributed by atoms with E-state index in [1.165, 1.54) is 37.7 Å². The van der Waals surface area contributed by atoms with Gasteiger partial charge < -0.3 is 14.9 Å². The zero-order chi connectivity index (χ0) is 25.1. The average Bonchev–Trinajstić information content (AvgIpc) is 3.11. The number of hydrogen-bond acceptors (Lipinski definition) is 4.